The van der Waals surface area contributed by atoms with E-state index in [9.17, 15) is 15.0 Å². The van der Waals surface area contributed by atoms with Crippen LogP contribution in [0.2, 0.25) is 0 Å². The molecule has 1 spiro atoms. The van der Waals surface area contributed by atoms with Crippen molar-refractivity contribution in [3.05, 3.63) is 29.3 Å². The second kappa shape index (κ2) is 7.50. The van der Waals surface area contributed by atoms with Crippen LogP contribution in [0.1, 0.15) is 42.1 Å². The largest absolute Gasteiger partial charge is 0.508 e. The fourth-order valence-electron chi connectivity index (χ4n) is 3.84. The highest BCUT2D eigenvalue weighted by molar-refractivity contribution is 5.96. The van der Waals surface area contributed by atoms with E-state index in [1.807, 2.05) is 13.8 Å². The number of halogens is 1. The molecule has 2 aliphatic heterocycles. The third-order valence-corrected chi connectivity index (χ3v) is 5.43. The number of phenols is 1. The first kappa shape index (κ1) is 20.0. The Bertz CT molecular complexity index is 628. The van der Waals surface area contributed by atoms with Crippen molar-refractivity contribution in [1.29, 1.82) is 0 Å². The van der Waals surface area contributed by atoms with Crippen molar-refractivity contribution in [3.63, 3.8) is 0 Å². The lowest BCUT2D eigenvalue weighted by Crippen LogP contribution is -2.69. The first-order chi connectivity index (χ1) is 11.4. The summed E-state index contributed by atoms with van der Waals surface area (Å²) in [6.07, 6.45) is 1.23. The minimum absolute atomic E-state index is 0. The predicted octanol–water partition coefficient (Wildman–Crippen LogP) is 1.51. The highest BCUT2D eigenvalue weighted by atomic mass is 35.5. The fraction of sp³-hybridized carbons (Fsp3) is 0.611. The van der Waals surface area contributed by atoms with Gasteiger partial charge >= 0.3 is 0 Å². The second-order valence-electron chi connectivity index (χ2n) is 7.19. The summed E-state index contributed by atoms with van der Waals surface area (Å²) in [6.45, 7) is 5.80. The number of rotatable bonds is 2. The number of amides is 1. The van der Waals surface area contributed by atoms with Crippen LogP contribution in [0.5, 0.6) is 5.75 Å². The molecule has 2 aliphatic rings. The topological polar surface area (TPSA) is 90.8 Å². The number of phenolic OH excluding ortho intramolecular Hbond substituents is 1. The summed E-state index contributed by atoms with van der Waals surface area (Å²) in [5.74, 6) is -0.228. The summed E-state index contributed by atoms with van der Waals surface area (Å²) in [6, 6.07) is 4.72. The van der Waals surface area contributed by atoms with E-state index in [1.54, 1.807) is 12.1 Å². The van der Waals surface area contributed by atoms with Crippen LogP contribution in [-0.4, -0.2) is 53.1 Å². The number of aliphatic hydroxyl groups is 1. The van der Waals surface area contributed by atoms with Crippen LogP contribution in [0.15, 0.2) is 18.2 Å². The van der Waals surface area contributed by atoms with Gasteiger partial charge in [-0.1, -0.05) is 6.07 Å². The van der Waals surface area contributed by atoms with Gasteiger partial charge in [0, 0.05) is 12.2 Å². The fourth-order valence-corrected chi connectivity index (χ4v) is 3.84. The lowest BCUT2D eigenvalue weighted by atomic mass is 9.73. The van der Waals surface area contributed by atoms with E-state index in [0.29, 0.717) is 18.6 Å². The standard InChI is InChI=1S/C18H26N2O4.ClH/c1-12-3-4-13(21)11-14(12)15(22)20-17(2)7-10-24-18(16(17)23)5-8-19-9-6-18;/h3-4,11,16,19,21,23H,5-10H2,1-2H3,(H,20,22);1H/t16-,17+;/m0./s1. The van der Waals surface area contributed by atoms with E-state index >= 15 is 0 Å². The average Bonchev–Trinajstić information content (AvgIpc) is 2.56. The summed E-state index contributed by atoms with van der Waals surface area (Å²) >= 11 is 0. The molecule has 4 N–H and O–H groups in total. The van der Waals surface area contributed by atoms with Crippen molar-refractivity contribution < 1.29 is 19.7 Å². The first-order valence-corrected chi connectivity index (χ1v) is 8.51. The van der Waals surface area contributed by atoms with Crippen molar-refractivity contribution in [1.82, 2.24) is 10.6 Å². The SMILES string of the molecule is Cc1ccc(O)cc1C(=O)N[C@]1(C)CCOC2(CCNCC2)[C@H]1O.Cl. The molecule has 140 valence electrons. The van der Waals surface area contributed by atoms with E-state index in [-0.39, 0.29) is 24.1 Å². The Kier molecular flexibility index (Phi) is 5.99. The number of carbonyl (C=O) groups is 1. The smallest absolute Gasteiger partial charge is 0.252 e. The third-order valence-electron chi connectivity index (χ3n) is 5.43. The summed E-state index contributed by atoms with van der Waals surface area (Å²) < 4.78 is 5.96. The maximum atomic E-state index is 12.7. The molecular weight excluding hydrogens is 344 g/mol. The molecule has 0 aliphatic carbocycles. The average molecular weight is 371 g/mol. The summed E-state index contributed by atoms with van der Waals surface area (Å²) in [4.78, 5) is 12.7. The number of piperidine rings is 1. The molecular formula is C18H27ClN2O4. The highest BCUT2D eigenvalue weighted by Crippen LogP contribution is 2.38. The van der Waals surface area contributed by atoms with Gasteiger partial charge in [0.1, 0.15) is 11.9 Å². The van der Waals surface area contributed by atoms with E-state index < -0.39 is 17.2 Å². The molecule has 1 aromatic carbocycles. The number of hydrogen-bond donors (Lipinski definition) is 4. The molecule has 2 saturated heterocycles. The second-order valence-corrected chi connectivity index (χ2v) is 7.19. The molecule has 3 rings (SSSR count). The van der Waals surface area contributed by atoms with Gasteiger partial charge in [0.25, 0.3) is 5.91 Å². The van der Waals surface area contributed by atoms with Gasteiger partial charge in [-0.2, -0.15) is 0 Å². The van der Waals surface area contributed by atoms with Crippen molar-refractivity contribution in [2.75, 3.05) is 19.7 Å². The number of ether oxygens (including phenoxy) is 1. The monoisotopic (exact) mass is 370 g/mol. The lowest BCUT2D eigenvalue weighted by molar-refractivity contribution is -0.197. The Morgan fingerprint density at radius 1 is 1.32 bits per heavy atom. The molecule has 0 unspecified atom stereocenters. The molecule has 7 heteroatoms. The van der Waals surface area contributed by atoms with Gasteiger partial charge in [-0.05, 0) is 63.9 Å². The predicted molar refractivity (Wildman–Crippen MR) is 97.4 cm³/mol. The van der Waals surface area contributed by atoms with E-state index in [1.165, 1.54) is 6.07 Å². The summed E-state index contributed by atoms with van der Waals surface area (Å²) in [5, 5.41) is 26.9. The van der Waals surface area contributed by atoms with E-state index in [0.717, 1.165) is 31.5 Å². The van der Waals surface area contributed by atoms with Crippen molar-refractivity contribution >= 4 is 18.3 Å². The Hall–Kier alpha value is -1.34. The Labute approximate surface area is 154 Å². The quantitative estimate of drug-likeness (QED) is 0.633. The van der Waals surface area contributed by atoms with Crippen LogP contribution < -0.4 is 10.6 Å². The normalized spacial score (nSPS) is 28.2. The molecule has 2 atom stereocenters. The number of hydrogen-bond acceptors (Lipinski definition) is 5. The van der Waals surface area contributed by atoms with Crippen molar-refractivity contribution in [2.24, 2.45) is 0 Å². The van der Waals surface area contributed by atoms with E-state index in [2.05, 4.69) is 10.6 Å². The van der Waals surface area contributed by atoms with Crippen LogP contribution >= 0.6 is 12.4 Å². The Balaban J connectivity index is 0.00000225. The molecule has 1 amide bonds. The number of aliphatic hydroxyl groups excluding tert-OH is 1. The van der Waals surface area contributed by atoms with Crippen LogP contribution in [0.25, 0.3) is 0 Å². The molecule has 0 saturated carbocycles. The molecule has 2 fully saturated rings. The van der Waals surface area contributed by atoms with Crippen molar-refractivity contribution in [3.8, 4) is 5.75 Å². The zero-order chi connectivity index (χ0) is 17.4. The zero-order valence-corrected chi connectivity index (χ0v) is 15.5. The van der Waals surface area contributed by atoms with Crippen molar-refractivity contribution in [2.45, 2.75) is 50.4 Å². The maximum absolute atomic E-state index is 12.7. The lowest BCUT2D eigenvalue weighted by Gasteiger charge is -2.52. The van der Waals surface area contributed by atoms with Gasteiger partial charge in [0.15, 0.2) is 0 Å². The summed E-state index contributed by atoms with van der Waals surface area (Å²) in [7, 11) is 0. The van der Waals surface area contributed by atoms with Gasteiger partial charge in [0.2, 0.25) is 0 Å². The van der Waals surface area contributed by atoms with Gasteiger partial charge in [-0.3, -0.25) is 4.79 Å². The third kappa shape index (κ3) is 3.77. The summed E-state index contributed by atoms with van der Waals surface area (Å²) in [5.41, 5.74) is -0.148. The Morgan fingerprint density at radius 3 is 2.68 bits per heavy atom. The highest BCUT2D eigenvalue weighted by Gasteiger charge is 2.53. The number of carbonyl (C=O) groups excluding carboxylic acids is 1. The molecule has 25 heavy (non-hydrogen) atoms. The Morgan fingerprint density at radius 2 is 2.00 bits per heavy atom. The number of benzene rings is 1. The molecule has 0 aromatic heterocycles. The molecule has 0 bridgehead atoms. The maximum Gasteiger partial charge on any atom is 0.252 e. The van der Waals surface area contributed by atoms with Gasteiger partial charge in [-0.15, -0.1) is 12.4 Å². The van der Waals surface area contributed by atoms with Crippen LogP contribution in [0.4, 0.5) is 0 Å². The van der Waals surface area contributed by atoms with Gasteiger partial charge < -0.3 is 25.6 Å². The first-order valence-electron chi connectivity index (χ1n) is 8.51. The zero-order valence-electron chi connectivity index (χ0n) is 14.7. The van der Waals surface area contributed by atoms with Crippen LogP contribution in [0, 0.1) is 6.92 Å². The van der Waals surface area contributed by atoms with Gasteiger partial charge in [-0.25, -0.2) is 0 Å². The minimum atomic E-state index is -0.776. The van der Waals surface area contributed by atoms with E-state index in [4.69, 9.17) is 4.74 Å². The molecule has 6 nitrogen and oxygen atoms in total. The number of aromatic hydroxyl groups is 1. The molecule has 1 aromatic rings. The minimum Gasteiger partial charge on any atom is -0.508 e. The number of aryl methyl sites for hydroxylation is 1. The number of nitrogens with one attached hydrogen (secondary N) is 2. The van der Waals surface area contributed by atoms with Crippen LogP contribution in [0.3, 0.4) is 0 Å². The van der Waals surface area contributed by atoms with Gasteiger partial charge in [0.05, 0.1) is 11.1 Å². The molecule has 0 radical (unpaired) electrons. The molecule has 2 heterocycles. The van der Waals surface area contributed by atoms with Crippen LogP contribution in [-0.2, 0) is 4.74 Å².